The number of ether oxygens (including phenoxy) is 1. The SMILES string of the molecule is COc1ccc2c(c1)nc(CCl)n2Cc1ccncc1. The summed E-state index contributed by atoms with van der Waals surface area (Å²) in [5.74, 6) is 2.03. The van der Waals surface area contributed by atoms with Crippen LogP contribution in [0.4, 0.5) is 0 Å². The molecule has 0 amide bonds. The van der Waals surface area contributed by atoms with Gasteiger partial charge >= 0.3 is 0 Å². The van der Waals surface area contributed by atoms with Crippen molar-refractivity contribution in [3.05, 3.63) is 54.1 Å². The summed E-state index contributed by atoms with van der Waals surface area (Å²) >= 11 is 6.02. The molecule has 0 saturated carbocycles. The van der Waals surface area contributed by atoms with Gasteiger partial charge in [0.05, 0.1) is 24.0 Å². The fourth-order valence-electron chi connectivity index (χ4n) is 2.24. The molecule has 0 aliphatic carbocycles. The molecule has 0 aliphatic rings. The summed E-state index contributed by atoms with van der Waals surface area (Å²) in [5.41, 5.74) is 3.12. The molecular formula is C15H14ClN3O. The first-order chi connectivity index (χ1) is 9.81. The lowest BCUT2D eigenvalue weighted by Gasteiger charge is -2.08. The van der Waals surface area contributed by atoms with E-state index in [4.69, 9.17) is 16.3 Å². The number of imidazole rings is 1. The third kappa shape index (κ3) is 2.34. The molecule has 102 valence electrons. The third-order valence-corrected chi connectivity index (χ3v) is 3.48. The maximum Gasteiger partial charge on any atom is 0.125 e. The topological polar surface area (TPSA) is 39.9 Å². The van der Waals surface area contributed by atoms with Gasteiger partial charge in [-0.25, -0.2) is 4.98 Å². The molecule has 0 radical (unpaired) electrons. The monoisotopic (exact) mass is 287 g/mol. The second-order valence-corrected chi connectivity index (χ2v) is 4.73. The molecule has 5 heteroatoms. The molecule has 0 aliphatic heterocycles. The van der Waals surface area contributed by atoms with E-state index in [1.54, 1.807) is 19.5 Å². The lowest BCUT2D eigenvalue weighted by Crippen LogP contribution is -2.03. The second kappa shape index (κ2) is 5.51. The van der Waals surface area contributed by atoms with Gasteiger partial charge in [-0.3, -0.25) is 4.98 Å². The number of alkyl halides is 1. The number of hydrogen-bond donors (Lipinski definition) is 0. The van der Waals surface area contributed by atoms with Crippen molar-refractivity contribution in [2.75, 3.05) is 7.11 Å². The summed E-state index contributed by atoms with van der Waals surface area (Å²) in [4.78, 5) is 8.61. The minimum atomic E-state index is 0.377. The molecule has 0 spiro atoms. The average molecular weight is 288 g/mol. The Hall–Kier alpha value is -2.07. The molecular weight excluding hydrogens is 274 g/mol. The van der Waals surface area contributed by atoms with Crippen molar-refractivity contribution < 1.29 is 4.74 Å². The highest BCUT2D eigenvalue weighted by molar-refractivity contribution is 6.16. The van der Waals surface area contributed by atoms with E-state index >= 15 is 0 Å². The zero-order valence-electron chi connectivity index (χ0n) is 11.1. The molecule has 0 N–H and O–H groups in total. The highest BCUT2D eigenvalue weighted by Crippen LogP contribution is 2.23. The first-order valence-electron chi connectivity index (χ1n) is 6.30. The van der Waals surface area contributed by atoms with E-state index in [2.05, 4.69) is 14.5 Å². The van der Waals surface area contributed by atoms with Crippen LogP contribution in [0.25, 0.3) is 11.0 Å². The van der Waals surface area contributed by atoms with E-state index in [-0.39, 0.29) is 0 Å². The second-order valence-electron chi connectivity index (χ2n) is 4.46. The highest BCUT2D eigenvalue weighted by atomic mass is 35.5. The van der Waals surface area contributed by atoms with Gasteiger partial charge in [-0.1, -0.05) is 0 Å². The molecule has 3 rings (SSSR count). The van der Waals surface area contributed by atoms with E-state index in [9.17, 15) is 0 Å². The number of methoxy groups -OCH3 is 1. The molecule has 2 heterocycles. The van der Waals surface area contributed by atoms with Crippen LogP contribution >= 0.6 is 11.6 Å². The van der Waals surface area contributed by atoms with Crippen LogP contribution in [0.1, 0.15) is 11.4 Å². The van der Waals surface area contributed by atoms with Crippen molar-refractivity contribution in [3.63, 3.8) is 0 Å². The number of fused-ring (bicyclic) bond motifs is 1. The van der Waals surface area contributed by atoms with Gasteiger partial charge in [-0.05, 0) is 29.8 Å². The lowest BCUT2D eigenvalue weighted by molar-refractivity contribution is 0.415. The smallest absolute Gasteiger partial charge is 0.125 e. The van der Waals surface area contributed by atoms with E-state index < -0.39 is 0 Å². The maximum absolute atomic E-state index is 6.02. The molecule has 4 nitrogen and oxygen atoms in total. The molecule has 0 bridgehead atoms. The van der Waals surface area contributed by atoms with Crippen molar-refractivity contribution >= 4 is 22.6 Å². The van der Waals surface area contributed by atoms with Gasteiger partial charge in [0.1, 0.15) is 11.6 Å². The van der Waals surface area contributed by atoms with E-state index in [1.165, 1.54) is 5.56 Å². The van der Waals surface area contributed by atoms with Crippen molar-refractivity contribution in [1.29, 1.82) is 0 Å². The number of pyridine rings is 1. The van der Waals surface area contributed by atoms with Gasteiger partial charge in [0.25, 0.3) is 0 Å². The normalized spacial score (nSPS) is 10.9. The standard InChI is InChI=1S/C15H14ClN3O/c1-20-12-2-3-14-13(8-12)18-15(9-16)19(14)10-11-4-6-17-7-5-11/h2-8H,9-10H2,1H3. The van der Waals surface area contributed by atoms with Gasteiger partial charge in [0.2, 0.25) is 0 Å². The number of benzene rings is 1. The van der Waals surface area contributed by atoms with E-state index in [0.29, 0.717) is 5.88 Å². The van der Waals surface area contributed by atoms with Crippen molar-refractivity contribution in [2.45, 2.75) is 12.4 Å². The van der Waals surface area contributed by atoms with Crippen LogP contribution in [0.15, 0.2) is 42.7 Å². The number of halogens is 1. The van der Waals surface area contributed by atoms with E-state index in [1.807, 2.05) is 30.3 Å². The van der Waals surface area contributed by atoms with Crippen molar-refractivity contribution in [1.82, 2.24) is 14.5 Å². The predicted octanol–water partition coefficient (Wildman–Crippen LogP) is 3.23. The quantitative estimate of drug-likeness (QED) is 0.692. The van der Waals surface area contributed by atoms with Gasteiger partial charge in [0.15, 0.2) is 0 Å². The van der Waals surface area contributed by atoms with Crippen LogP contribution in [0.5, 0.6) is 5.75 Å². The maximum atomic E-state index is 6.02. The third-order valence-electron chi connectivity index (χ3n) is 3.24. The molecule has 0 unspecified atom stereocenters. The largest absolute Gasteiger partial charge is 0.497 e. The minimum Gasteiger partial charge on any atom is -0.497 e. The average Bonchev–Trinajstić information content (AvgIpc) is 2.85. The number of aromatic nitrogens is 3. The van der Waals surface area contributed by atoms with Crippen LogP contribution in [0, 0.1) is 0 Å². The van der Waals surface area contributed by atoms with Crippen LogP contribution in [0.3, 0.4) is 0 Å². The predicted molar refractivity (Wildman–Crippen MR) is 79.2 cm³/mol. The number of hydrogen-bond acceptors (Lipinski definition) is 3. The zero-order chi connectivity index (χ0) is 13.9. The molecule has 3 aromatic rings. The Morgan fingerprint density at radius 3 is 2.70 bits per heavy atom. The van der Waals surface area contributed by atoms with Crippen LogP contribution in [0.2, 0.25) is 0 Å². The molecule has 2 aromatic heterocycles. The van der Waals surface area contributed by atoms with Gasteiger partial charge in [-0.2, -0.15) is 0 Å². The van der Waals surface area contributed by atoms with Gasteiger partial charge in [0, 0.05) is 25.0 Å². The Labute approximate surface area is 122 Å². The molecule has 0 saturated heterocycles. The fraction of sp³-hybridized carbons (Fsp3) is 0.200. The molecule has 0 fully saturated rings. The fourth-order valence-corrected chi connectivity index (χ4v) is 2.44. The summed E-state index contributed by atoms with van der Waals surface area (Å²) in [6.07, 6.45) is 3.58. The summed E-state index contributed by atoms with van der Waals surface area (Å²) in [7, 11) is 1.65. The summed E-state index contributed by atoms with van der Waals surface area (Å²) < 4.78 is 7.35. The van der Waals surface area contributed by atoms with Crippen LogP contribution in [-0.4, -0.2) is 21.6 Å². The first kappa shape index (κ1) is 12.9. The number of nitrogens with zero attached hydrogens (tertiary/aromatic N) is 3. The van der Waals surface area contributed by atoms with Crippen molar-refractivity contribution in [3.8, 4) is 5.75 Å². The Morgan fingerprint density at radius 2 is 2.00 bits per heavy atom. The van der Waals surface area contributed by atoms with E-state index in [0.717, 1.165) is 29.2 Å². The number of rotatable bonds is 4. The molecule has 20 heavy (non-hydrogen) atoms. The van der Waals surface area contributed by atoms with Gasteiger partial charge in [-0.15, -0.1) is 11.6 Å². The van der Waals surface area contributed by atoms with Crippen LogP contribution in [-0.2, 0) is 12.4 Å². The Bertz CT molecular complexity index is 725. The summed E-state index contributed by atoms with van der Waals surface area (Å²) in [6.45, 7) is 0.730. The summed E-state index contributed by atoms with van der Waals surface area (Å²) in [6, 6.07) is 9.86. The lowest BCUT2D eigenvalue weighted by atomic mass is 10.2. The highest BCUT2D eigenvalue weighted by Gasteiger charge is 2.11. The van der Waals surface area contributed by atoms with Crippen molar-refractivity contribution in [2.24, 2.45) is 0 Å². The van der Waals surface area contributed by atoms with Crippen LogP contribution < -0.4 is 4.74 Å². The molecule has 1 aromatic carbocycles. The Kier molecular flexibility index (Phi) is 3.56. The first-order valence-corrected chi connectivity index (χ1v) is 6.83. The zero-order valence-corrected chi connectivity index (χ0v) is 11.8. The minimum absolute atomic E-state index is 0.377. The van der Waals surface area contributed by atoms with Gasteiger partial charge < -0.3 is 9.30 Å². The molecule has 0 atom stereocenters. The summed E-state index contributed by atoms with van der Waals surface area (Å²) in [5, 5.41) is 0. The Balaban J connectivity index is 2.08. The Morgan fingerprint density at radius 1 is 1.20 bits per heavy atom.